The van der Waals surface area contributed by atoms with E-state index < -0.39 is 21.2 Å². The minimum atomic E-state index is -3.28. The number of halogens is 1. The zero-order chi connectivity index (χ0) is 10.8. The average molecular weight is 240 g/mol. The van der Waals surface area contributed by atoms with Gasteiger partial charge in [0.2, 0.25) is 15.3 Å². The second-order valence-corrected chi connectivity index (χ2v) is 5.98. The fraction of sp³-hybridized carbons (Fsp3) is 0.875. The fourth-order valence-corrected chi connectivity index (χ4v) is 3.43. The molecule has 1 fully saturated rings. The Hall–Kier alpha value is -0.130. The van der Waals surface area contributed by atoms with E-state index in [1.807, 2.05) is 0 Å². The van der Waals surface area contributed by atoms with Crippen molar-refractivity contribution in [2.75, 3.05) is 18.8 Å². The summed E-state index contributed by atoms with van der Waals surface area (Å²) >= 11 is 5.22. The first-order chi connectivity index (χ1) is 6.43. The van der Waals surface area contributed by atoms with Gasteiger partial charge in [-0.05, 0) is 24.4 Å². The van der Waals surface area contributed by atoms with Gasteiger partial charge in [0.15, 0.2) is 0 Å². The molecule has 1 atom stereocenters. The largest absolute Gasteiger partial charge is 0.281 e. The zero-order valence-electron chi connectivity index (χ0n) is 8.07. The molecule has 0 bridgehead atoms. The van der Waals surface area contributed by atoms with Gasteiger partial charge >= 0.3 is 0 Å². The van der Waals surface area contributed by atoms with Crippen molar-refractivity contribution in [3.63, 3.8) is 0 Å². The molecule has 0 amide bonds. The predicted octanol–water partition coefficient (Wildman–Crippen LogP) is 0.814. The first kappa shape index (κ1) is 11.9. The van der Waals surface area contributed by atoms with E-state index in [0.29, 0.717) is 13.1 Å². The lowest BCUT2D eigenvalue weighted by atomic mass is 10.2. The summed E-state index contributed by atoms with van der Waals surface area (Å²) in [4.78, 5) is 10.7. The molecule has 0 aromatic carbocycles. The normalized spacial score (nSPS) is 21.0. The topological polar surface area (TPSA) is 54.5 Å². The summed E-state index contributed by atoms with van der Waals surface area (Å²) in [7, 11) is -3.28. The quantitative estimate of drug-likeness (QED) is 0.683. The van der Waals surface area contributed by atoms with Crippen LogP contribution in [0.2, 0.25) is 0 Å². The summed E-state index contributed by atoms with van der Waals surface area (Å²) in [6, 6.07) is 0. The van der Waals surface area contributed by atoms with Crippen LogP contribution in [0.25, 0.3) is 0 Å². The molecule has 4 nitrogen and oxygen atoms in total. The van der Waals surface area contributed by atoms with E-state index in [2.05, 4.69) is 0 Å². The summed E-state index contributed by atoms with van der Waals surface area (Å²) in [6.45, 7) is 2.68. The van der Waals surface area contributed by atoms with Crippen LogP contribution in [-0.2, 0) is 14.8 Å². The van der Waals surface area contributed by atoms with Crippen molar-refractivity contribution in [3.05, 3.63) is 0 Å². The maximum absolute atomic E-state index is 11.7. The predicted molar refractivity (Wildman–Crippen MR) is 54.6 cm³/mol. The third-order valence-electron chi connectivity index (χ3n) is 2.31. The molecule has 1 unspecified atom stereocenters. The Morgan fingerprint density at radius 2 is 1.93 bits per heavy atom. The highest BCUT2D eigenvalue weighted by atomic mass is 35.5. The number of rotatable bonds is 4. The highest BCUT2D eigenvalue weighted by Gasteiger charge is 2.28. The molecule has 0 radical (unpaired) electrons. The van der Waals surface area contributed by atoms with Gasteiger partial charge in [-0.25, -0.2) is 12.7 Å². The molecule has 0 N–H and O–H groups in total. The smallest absolute Gasteiger partial charge is 0.225 e. The number of sulfonamides is 1. The van der Waals surface area contributed by atoms with E-state index in [-0.39, 0.29) is 5.75 Å². The maximum Gasteiger partial charge on any atom is 0.225 e. The molecule has 6 heteroatoms. The van der Waals surface area contributed by atoms with E-state index in [1.54, 1.807) is 0 Å². The Labute approximate surface area is 89.3 Å². The fourth-order valence-electron chi connectivity index (χ4n) is 1.45. The summed E-state index contributed by atoms with van der Waals surface area (Å²) in [6.07, 6.45) is 1.81. The molecule has 0 aromatic rings. The molecule has 1 aliphatic rings. The van der Waals surface area contributed by atoms with Gasteiger partial charge < -0.3 is 0 Å². The van der Waals surface area contributed by atoms with Crippen LogP contribution in [0.5, 0.6) is 0 Å². The Morgan fingerprint density at radius 3 is 2.36 bits per heavy atom. The molecule has 1 saturated heterocycles. The average Bonchev–Trinajstić information content (AvgIpc) is 2.54. The van der Waals surface area contributed by atoms with Gasteiger partial charge in [0.05, 0.1) is 5.75 Å². The molecule has 1 aliphatic heterocycles. The lowest BCUT2D eigenvalue weighted by Crippen LogP contribution is -2.33. The van der Waals surface area contributed by atoms with Gasteiger partial charge in [-0.2, -0.15) is 0 Å². The Kier molecular flexibility index (Phi) is 3.92. The van der Waals surface area contributed by atoms with Crippen LogP contribution in [-0.4, -0.2) is 36.8 Å². The molecule has 0 spiro atoms. The van der Waals surface area contributed by atoms with Gasteiger partial charge in [-0.15, -0.1) is 0 Å². The summed E-state index contributed by atoms with van der Waals surface area (Å²) < 4.78 is 24.8. The first-order valence-electron chi connectivity index (χ1n) is 4.60. The number of carbonyl (C=O) groups excluding carboxylic acids is 1. The van der Waals surface area contributed by atoms with Crippen LogP contribution in [0.15, 0.2) is 0 Å². The van der Waals surface area contributed by atoms with Crippen LogP contribution in [0.1, 0.15) is 19.8 Å². The monoisotopic (exact) mass is 239 g/mol. The van der Waals surface area contributed by atoms with E-state index in [4.69, 9.17) is 11.6 Å². The van der Waals surface area contributed by atoms with E-state index in [9.17, 15) is 13.2 Å². The molecular formula is C8H14ClNO3S. The van der Waals surface area contributed by atoms with Gasteiger partial charge in [0.1, 0.15) is 0 Å². The second-order valence-electron chi connectivity index (χ2n) is 3.59. The first-order valence-corrected chi connectivity index (χ1v) is 6.59. The van der Waals surface area contributed by atoms with E-state index in [0.717, 1.165) is 12.8 Å². The SMILES string of the molecule is CC(CS(=O)(=O)N1CCCC1)C(=O)Cl. The van der Waals surface area contributed by atoms with Gasteiger partial charge in [-0.1, -0.05) is 6.92 Å². The Bertz CT molecular complexity index is 309. The third-order valence-corrected chi connectivity index (χ3v) is 4.75. The molecule has 1 rings (SSSR count). The van der Waals surface area contributed by atoms with Crippen molar-refractivity contribution < 1.29 is 13.2 Å². The molecule has 0 saturated carbocycles. The van der Waals surface area contributed by atoms with Crippen molar-refractivity contribution >= 4 is 26.9 Å². The molecular weight excluding hydrogens is 226 g/mol. The van der Waals surface area contributed by atoms with Gasteiger partial charge in [-0.3, -0.25) is 4.79 Å². The molecule has 14 heavy (non-hydrogen) atoms. The van der Waals surface area contributed by atoms with Crippen molar-refractivity contribution in [2.45, 2.75) is 19.8 Å². The number of hydrogen-bond donors (Lipinski definition) is 0. The van der Waals surface area contributed by atoms with Crippen LogP contribution < -0.4 is 0 Å². The Balaban J connectivity index is 2.61. The second kappa shape index (κ2) is 4.59. The molecule has 82 valence electrons. The van der Waals surface area contributed by atoms with Gasteiger partial charge in [0, 0.05) is 19.0 Å². The van der Waals surface area contributed by atoms with Crippen molar-refractivity contribution in [2.24, 2.45) is 5.92 Å². The van der Waals surface area contributed by atoms with Crippen molar-refractivity contribution in [1.82, 2.24) is 4.31 Å². The Morgan fingerprint density at radius 1 is 1.43 bits per heavy atom. The summed E-state index contributed by atoms with van der Waals surface area (Å²) in [5.74, 6) is -0.794. The van der Waals surface area contributed by atoms with E-state index in [1.165, 1.54) is 11.2 Å². The van der Waals surface area contributed by atoms with Crippen LogP contribution in [0.4, 0.5) is 0 Å². The molecule has 0 aromatic heterocycles. The highest BCUT2D eigenvalue weighted by molar-refractivity contribution is 7.89. The minimum absolute atomic E-state index is 0.171. The summed E-state index contributed by atoms with van der Waals surface area (Å²) in [5.41, 5.74) is 0. The van der Waals surface area contributed by atoms with Gasteiger partial charge in [0.25, 0.3) is 0 Å². The van der Waals surface area contributed by atoms with Crippen molar-refractivity contribution in [3.8, 4) is 0 Å². The van der Waals surface area contributed by atoms with Crippen LogP contribution >= 0.6 is 11.6 Å². The highest BCUT2D eigenvalue weighted by Crippen LogP contribution is 2.16. The third kappa shape index (κ3) is 2.93. The number of nitrogens with zero attached hydrogens (tertiary/aromatic N) is 1. The number of carbonyl (C=O) groups is 1. The molecule has 1 heterocycles. The zero-order valence-corrected chi connectivity index (χ0v) is 9.64. The summed E-state index contributed by atoms with van der Waals surface area (Å²) in [5, 5.41) is -0.590. The lowest BCUT2D eigenvalue weighted by molar-refractivity contribution is -0.114. The standard InChI is InChI=1S/C8H14ClNO3S/c1-7(8(9)11)6-14(12,13)10-4-2-3-5-10/h7H,2-6H2,1H3. The lowest BCUT2D eigenvalue weighted by Gasteiger charge is -2.16. The van der Waals surface area contributed by atoms with Crippen LogP contribution in [0.3, 0.4) is 0 Å². The van der Waals surface area contributed by atoms with Crippen molar-refractivity contribution in [1.29, 1.82) is 0 Å². The van der Waals surface area contributed by atoms with E-state index >= 15 is 0 Å². The molecule has 0 aliphatic carbocycles. The maximum atomic E-state index is 11.7. The minimum Gasteiger partial charge on any atom is -0.281 e. The number of hydrogen-bond acceptors (Lipinski definition) is 3. The van der Waals surface area contributed by atoms with Crippen LogP contribution in [0, 0.1) is 5.92 Å².